The predicted octanol–water partition coefficient (Wildman–Crippen LogP) is 10.7. The van der Waals surface area contributed by atoms with Gasteiger partial charge in [-0.05, 0) is 112 Å². The Kier molecular flexibility index (Phi) is 5.74. The maximum atomic E-state index is 2.43. The van der Waals surface area contributed by atoms with E-state index in [0.29, 0.717) is 0 Å². The Bertz CT molecular complexity index is 2480. The molecule has 0 saturated heterocycles. The first-order valence-corrected chi connectivity index (χ1v) is 15.6. The van der Waals surface area contributed by atoms with Crippen molar-refractivity contribution in [3.05, 3.63) is 156 Å². The van der Waals surface area contributed by atoms with Gasteiger partial charge in [-0.3, -0.25) is 0 Å². The first kappa shape index (κ1) is 25.1. The summed E-state index contributed by atoms with van der Waals surface area (Å²) >= 11 is 0. The first-order valence-electron chi connectivity index (χ1n) is 15.6. The van der Waals surface area contributed by atoms with Gasteiger partial charge in [0.2, 0.25) is 0 Å². The Balaban J connectivity index is 1.29. The number of hydrogen-bond donors (Lipinski definition) is 0. The molecule has 0 heteroatoms. The Morgan fingerprint density at radius 2 is 0.727 bits per heavy atom. The van der Waals surface area contributed by atoms with E-state index in [2.05, 4.69) is 158 Å². The molecule has 0 N–H and O–H groups in total. The molecule has 0 fully saturated rings. The van der Waals surface area contributed by atoms with Gasteiger partial charge in [-0.15, -0.1) is 0 Å². The Labute approximate surface area is 256 Å². The lowest BCUT2D eigenvalue weighted by atomic mass is 9.85. The van der Waals surface area contributed by atoms with Gasteiger partial charge >= 0.3 is 0 Å². The summed E-state index contributed by atoms with van der Waals surface area (Å²) in [5.74, 6) is 0. The van der Waals surface area contributed by atoms with Crippen LogP contribution in [0, 0.1) is 0 Å². The van der Waals surface area contributed by atoms with E-state index in [-0.39, 0.29) is 0 Å². The number of hydrogen-bond acceptors (Lipinski definition) is 0. The molecule has 0 saturated carbocycles. The highest BCUT2D eigenvalue weighted by Gasteiger charge is 2.17. The third-order valence-electron chi connectivity index (χ3n) is 9.45. The molecule has 0 heterocycles. The van der Waals surface area contributed by atoms with Crippen LogP contribution in [0.25, 0.3) is 88.6 Å². The SMILES string of the molecule is C1=c2c(c3ccc(-c4cccc(-c5c6ccccc6c(-c6ccccc6)c6ccccc56)c4)cc3c3ccccc23)=CCC1. The van der Waals surface area contributed by atoms with E-state index in [0.717, 1.165) is 12.8 Å². The van der Waals surface area contributed by atoms with Crippen molar-refractivity contribution in [1.29, 1.82) is 0 Å². The molecule has 0 radical (unpaired) electrons. The smallest absolute Gasteiger partial charge is 0.00262 e. The highest BCUT2D eigenvalue weighted by molar-refractivity contribution is 6.21. The summed E-state index contributed by atoms with van der Waals surface area (Å²) < 4.78 is 0. The molecule has 0 atom stereocenters. The summed E-state index contributed by atoms with van der Waals surface area (Å²) in [6.07, 6.45) is 7.07. The van der Waals surface area contributed by atoms with Crippen molar-refractivity contribution < 1.29 is 0 Å². The van der Waals surface area contributed by atoms with Gasteiger partial charge in [0, 0.05) is 0 Å². The van der Waals surface area contributed by atoms with Crippen molar-refractivity contribution in [2.45, 2.75) is 12.8 Å². The van der Waals surface area contributed by atoms with Gasteiger partial charge in [-0.2, -0.15) is 0 Å². The minimum atomic E-state index is 1.11. The molecule has 0 nitrogen and oxygen atoms in total. The van der Waals surface area contributed by atoms with Crippen molar-refractivity contribution >= 4 is 55.2 Å². The average Bonchev–Trinajstić information content (AvgIpc) is 3.11. The van der Waals surface area contributed by atoms with Crippen molar-refractivity contribution in [2.75, 3.05) is 0 Å². The molecule has 44 heavy (non-hydrogen) atoms. The highest BCUT2D eigenvalue weighted by atomic mass is 14.2. The van der Waals surface area contributed by atoms with Gasteiger partial charge in [0.05, 0.1) is 0 Å². The molecule has 206 valence electrons. The third-order valence-corrected chi connectivity index (χ3v) is 9.45. The third kappa shape index (κ3) is 3.85. The van der Waals surface area contributed by atoms with E-state index in [1.54, 1.807) is 0 Å². The minimum absolute atomic E-state index is 1.11. The van der Waals surface area contributed by atoms with E-state index >= 15 is 0 Å². The van der Waals surface area contributed by atoms with Crippen LogP contribution in [-0.4, -0.2) is 0 Å². The standard InChI is InChI=1S/C44H30/c1-2-13-29(14-3-1)43-38-21-8-10-23-40(38)44(41-24-11-9-22-39(41)43)32-16-12-15-30(27-32)31-25-26-37-35-19-5-4-17-33(35)34-18-6-7-20-36(34)42(37)28-31/h1-3,6-28H,4-5H2. The minimum Gasteiger partial charge on any atom is -0.0757 e. The van der Waals surface area contributed by atoms with Crippen molar-refractivity contribution in [3.63, 3.8) is 0 Å². The molecule has 0 unspecified atom stereocenters. The van der Waals surface area contributed by atoms with Crippen molar-refractivity contribution in [3.8, 4) is 33.4 Å². The van der Waals surface area contributed by atoms with Crippen LogP contribution in [0.15, 0.2) is 146 Å². The molecule has 0 bridgehead atoms. The monoisotopic (exact) mass is 558 g/mol. The number of benzene rings is 8. The van der Waals surface area contributed by atoms with Crippen molar-refractivity contribution in [1.82, 2.24) is 0 Å². The summed E-state index contributed by atoms with van der Waals surface area (Å²) in [7, 11) is 0. The fraction of sp³-hybridized carbons (Fsp3) is 0.0455. The quantitative estimate of drug-likeness (QED) is 0.149. The topological polar surface area (TPSA) is 0 Å². The predicted molar refractivity (Wildman–Crippen MR) is 190 cm³/mol. The Hall–Kier alpha value is -5.46. The van der Waals surface area contributed by atoms with Crippen LogP contribution in [0.4, 0.5) is 0 Å². The summed E-state index contributed by atoms with van der Waals surface area (Å²) in [4.78, 5) is 0. The van der Waals surface area contributed by atoms with Gasteiger partial charge in [0.15, 0.2) is 0 Å². The van der Waals surface area contributed by atoms with Gasteiger partial charge in [0.1, 0.15) is 0 Å². The molecule has 8 aromatic rings. The van der Waals surface area contributed by atoms with E-state index in [9.17, 15) is 0 Å². The van der Waals surface area contributed by atoms with Crippen LogP contribution in [0.2, 0.25) is 0 Å². The molecule has 8 aromatic carbocycles. The average molecular weight is 559 g/mol. The molecular weight excluding hydrogens is 528 g/mol. The van der Waals surface area contributed by atoms with Gasteiger partial charge in [-0.1, -0.05) is 146 Å². The Morgan fingerprint density at radius 1 is 0.273 bits per heavy atom. The molecule has 9 rings (SSSR count). The maximum absolute atomic E-state index is 2.43. The van der Waals surface area contributed by atoms with Crippen LogP contribution < -0.4 is 10.4 Å². The number of fused-ring (bicyclic) bond motifs is 8. The lowest BCUT2D eigenvalue weighted by Gasteiger charge is -2.18. The van der Waals surface area contributed by atoms with E-state index in [1.807, 2.05) is 0 Å². The summed E-state index contributed by atoms with van der Waals surface area (Å²) in [5, 5.41) is 13.3. The fourth-order valence-electron chi connectivity index (χ4n) is 7.53. The zero-order chi connectivity index (χ0) is 29.0. The molecule has 1 aliphatic rings. The summed E-state index contributed by atoms with van der Waals surface area (Å²) in [6.45, 7) is 0. The summed E-state index contributed by atoms with van der Waals surface area (Å²) in [6, 6.07) is 53.7. The molecule has 0 aromatic heterocycles. The molecule has 1 aliphatic carbocycles. The van der Waals surface area contributed by atoms with Gasteiger partial charge in [-0.25, -0.2) is 0 Å². The van der Waals surface area contributed by atoms with E-state index in [4.69, 9.17) is 0 Å². The van der Waals surface area contributed by atoms with E-state index in [1.165, 1.54) is 86.9 Å². The second-order valence-electron chi connectivity index (χ2n) is 11.9. The zero-order valence-electron chi connectivity index (χ0n) is 24.4. The maximum Gasteiger partial charge on any atom is -0.00262 e. The van der Waals surface area contributed by atoms with Crippen LogP contribution in [0.5, 0.6) is 0 Å². The van der Waals surface area contributed by atoms with Crippen LogP contribution in [0.1, 0.15) is 12.8 Å². The lowest BCUT2D eigenvalue weighted by Crippen LogP contribution is -2.28. The highest BCUT2D eigenvalue weighted by Crippen LogP contribution is 2.44. The first-order chi connectivity index (χ1) is 21.8. The lowest BCUT2D eigenvalue weighted by molar-refractivity contribution is 1.13. The van der Waals surface area contributed by atoms with Crippen LogP contribution >= 0.6 is 0 Å². The summed E-state index contributed by atoms with van der Waals surface area (Å²) in [5.41, 5.74) is 7.58. The largest absolute Gasteiger partial charge is 0.0757 e. The molecule has 0 aliphatic heterocycles. The van der Waals surface area contributed by atoms with Crippen LogP contribution in [0.3, 0.4) is 0 Å². The van der Waals surface area contributed by atoms with Crippen LogP contribution in [-0.2, 0) is 0 Å². The van der Waals surface area contributed by atoms with Crippen molar-refractivity contribution in [2.24, 2.45) is 0 Å². The second-order valence-corrected chi connectivity index (χ2v) is 11.9. The fourth-order valence-corrected chi connectivity index (χ4v) is 7.53. The van der Waals surface area contributed by atoms with Gasteiger partial charge in [0.25, 0.3) is 0 Å². The Morgan fingerprint density at radius 3 is 1.36 bits per heavy atom. The molecule has 0 amide bonds. The van der Waals surface area contributed by atoms with Gasteiger partial charge < -0.3 is 0 Å². The molecular formula is C44H30. The zero-order valence-corrected chi connectivity index (χ0v) is 24.4. The second kappa shape index (κ2) is 10.1. The molecule has 0 spiro atoms. The normalized spacial score (nSPS) is 12.7. The number of rotatable bonds is 3. The van der Waals surface area contributed by atoms with E-state index < -0.39 is 0 Å².